The van der Waals surface area contributed by atoms with E-state index in [9.17, 15) is 9.59 Å². The molecule has 2 N–H and O–H groups in total. The molecule has 104 valence electrons. The zero-order valence-corrected chi connectivity index (χ0v) is 11.0. The van der Waals surface area contributed by atoms with E-state index in [0.29, 0.717) is 25.4 Å². The molecule has 0 aromatic carbocycles. The summed E-state index contributed by atoms with van der Waals surface area (Å²) in [4.78, 5) is 22.6. The van der Waals surface area contributed by atoms with Crippen molar-refractivity contribution in [1.82, 2.24) is 5.32 Å². The van der Waals surface area contributed by atoms with E-state index >= 15 is 0 Å². The number of rotatable bonds is 8. The summed E-state index contributed by atoms with van der Waals surface area (Å²) in [7, 11) is 1.51. The molecule has 5 nitrogen and oxygen atoms in total. The molecule has 0 spiro atoms. The highest BCUT2D eigenvalue weighted by atomic mass is 16.5. The third-order valence-electron chi connectivity index (χ3n) is 3.50. The van der Waals surface area contributed by atoms with Gasteiger partial charge in [0.2, 0.25) is 5.91 Å². The first-order valence-electron chi connectivity index (χ1n) is 6.64. The van der Waals surface area contributed by atoms with Crippen LogP contribution >= 0.6 is 0 Å². The van der Waals surface area contributed by atoms with Gasteiger partial charge in [0.25, 0.3) is 0 Å². The van der Waals surface area contributed by atoms with Crippen molar-refractivity contribution in [2.24, 2.45) is 5.92 Å². The van der Waals surface area contributed by atoms with Gasteiger partial charge in [-0.25, -0.2) is 4.79 Å². The van der Waals surface area contributed by atoms with Gasteiger partial charge in [-0.05, 0) is 12.3 Å². The number of methoxy groups -OCH3 is 1. The molecule has 1 aliphatic carbocycles. The van der Waals surface area contributed by atoms with Crippen LogP contribution in [0.15, 0.2) is 0 Å². The quantitative estimate of drug-likeness (QED) is 0.692. The van der Waals surface area contributed by atoms with Crippen molar-refractivity contribution < 1.29 is 19.4 Å². The third-order valence-corrected chi connectivity index (χ3v) is 3.50. The van der Waals surface area contributed by atoms with Crippen LogP contribution in [-0.2, 0) is 14.3 Å². The number of carboxylic acids is 1. The van der Waals surface area contributed by atoms with Crippen LogP contribution in [0.4, 0.5) is 0 Å². The lowest BCUT2D eigenvalue weighted by atomic mass is 10.0. The van der Waals surface area contributed by atoms with E-state index in [2.05, 4.69) is 5.32 Å². The van der Waals surface area contributed by atoms with Crippen molar-refractivity contribution in [3.63, 3.8) is 0 Å². The number of amides is 1. The average Bonchev–Trinajstić information content (AvgIpc) is 2.84. The van der Waals surface area contributed by atoms with Crippen LogP contribution in [0.1, 0.15) is 44.9 Å². The molecule has 0 bridgehead atoms. The van der Waals surface area contributed by atoms with Crippen LogP contribution in [-0.4, -0.2) is 36.7 Å². The van der Waals surface area contributed by atoms with Crippen LogP contribution in [0.25, 0.3) is 0 Å². The predicted molar refractivity (Wildman–Crippen MR) is 67.3 cm³/mol. The first-order chi connectivity index (χ1) is 8.63. The topological polar surface area (TPSA) is 75.6 Å². The number of carbonyl (C=O) groups is 2. The van der Waals surface area contributed by atoms with Crippen molar-refractivity contribution in [3.8, 4) is 0 Å². The standard InChI is InChI=1S/C13H23NO4/c1-18-9-8-11(13(16)17)14-12(15)7-6-10-4-2-3-5-10/h10-11H,2-9H2,1H3,(H,14,15)(H,16,17). The van der Waals surface area contributed by atoms with E-state index in [1.165, 1.54) is 32.8 Å². The summed E-state index contributed by atoms with van der Waals surface area (Å²) < 4.78 is 4.83. The molecule has 5 heteroatoms. The molecule has 0 radical (unpaired) electrons. The van der Waals surface area contributed by atoms with Gasteiger partial charge in [0, 0.05) is 26.6 Å². The molecule has 0 saturated heterocycles. The summed E-state index contributed by atoms with van der Waals surface area (Å²) in [5.74, 6) is -0.510. The highest BCUT2D eigenvalue weighted by molar-refractivity contribution is 5.83. The molecule has 0 aromatic rings. The number of nitrogens with one attached hydrogen (secondary N) is 1. The van der Waals surface area contributed by atoms with E-state index in [1.54, 1.807) is 0 Å². The van der Waals surface area contributed by atoms with Crippen molar-refractivity contribution in [1.29, 1.82) is 0 Å². The van der Waals surface area contributed by atoms with Gasteiger partial charge in [0.1, 0.15) is 6.04 Å². The fourth-order valence-corrected chi connectivity index (χ4v) is 2.39. The zero-order valence-electron chi connectivity index (χ0n) is 11.0. The number of aliphatic carboxylic acids is 1. The number of carbonyl (C=O) groups excluding carboxylic acids is 1. The van der Waals surface area contributed by atoms with Gasteiger partial charge in [-0.2, -0.15) is 0 Å². The van der Waals surface area contributed by atoms with Gasteiger partial charge in [0.15, 0.2) is 0 Å². The van der Waals surface area contributed by atoms with Gasteiger partial charge < -0.3 is 15.2 Å². The van der Waals surface area contributed by atoms with Crippen LogP contribution in [0.2, 0.25) is 0 Å². The summed E-state index contributed by atoms with van der Waals surface area (Å²) in [6.45, 7) is 0.333. The third kappa shape index (κ3) is 5.49. The Kier molecular flexibility index (Phi) is 6.72. The number of hydrogen-bond donors (Lipinski definition) is 2. The summed E-state index contributed by atoms with van der Waals surface area (Å²) in [6.07, 6.45) is 6.55. The number of hydrogen-bond acceptors (Lipinski definition) is 3. The molecule has 1 unspecified atom stereocenters. The lowest BCUT2D eigenvalue weighted by Gasteiger charge is -2.15. The molecular formula is C13H23NO4. The lowest BCUT2D eigenvalue weighted by molar-refractivity contribution is -0.142. The van der Waals surface area contributed by atoms with Crippen LogP contribution in [0.5, 0.6) is 0 Å². The Labute approximate surface area is 108 Å². The Morgan fingerprint density at radius 2 is 2.06 bits per heavy atom. The Balaban J connectivity index is 2.24. The smallest absolute Gasteiger partial charge is 0.326 e. The van der Waals surface area contributed by atoms with Gasteiger partial charge in [-0.3, -0.25) is 4.79 Å². The zero-order chi connectivity index (χ0) is 13.4. The van der Waals surface area contributed by atoms with E-state index in [1.807, 2.05) is 0 Å². The Morgan fingerprint density at radius 1 is 1.39 bits per heavy atom. The number of carboxylic acid groups (broad SMARTS) is 1. The van der Waals surface area contributed by atoms with Gasteiger partial charge in [0.05, 0.1) is 0 Å². The van der Waals surface area contributed by atoms with E-state index in [-0.39, 0.29) is 5.91 Å². The summed E-state index contributed by atoms with van der Waals surface area (Å²) >= 11 is 0. The highest BCUT2D eigenvalue weighted by Gasteiger charge is 2.21. The largest absolute Gasteiger partial charge is 0.480 e. The monoisotopic (exact) mass is 257 g/mol. The van der Waals surface area contributed by atoms with Crippen molar-refractivity contribution in [3.05, 3.63) is 0 Å². The molecule has 0 aliphatic heterocycles. The molecular weight excluding hydrogens is 234 g/mol. The summed E-state index contributed by atoms with van der Waals surface area (Å²) in [5.41, 5.74) is 0. The molecule has 1 fully saturated rings. The second kappa shape index (κ2) is 8.08. The van der Waals surface area contributed by atoms with Crippen molar-refractivity contribution >= 4 is 11.9 Å². The second-order valence-electron chi connectivity index (χ2n) is 4.93. The summed E-state index contributed by atoms with van der Waals surface area (Å²) in [5, 5.41) is 11.5. The highest BCUT2D eigenvalue weighted by Crippen LogP contribution is 2.28. The van der Waals surface area contributed by atoms with Crippen molar-refractivity contribution in [2.45, 2.75) is 51.0 Å². The van der Waals surface area contributed by atoms with E-state index < -0.39 is 12.0 Å². The van der Waals surface area contributed by atoms with Crippen molar-refractivity contribution in [2.75, 3.05) is 13.7 Å². The van der Waals surface area contributed by atoms with Gasteiger partial charge in [-0.1, -0.05) is 25.7 Å². The first-order valence-corrected chi connectivity index (χ1v) is 6.64. The SMILES string of the molecule is COCCC(NC(=O)CCC1CCCC1)C(=O)O. The first kappa shape index (κ1) is 15.0. The van der Waals surface area contributed by atoms with Gasteiger partial charge >= 0.3 is 5.97 Å². The minimum atomic E-state index is -0.999. The minimum absolute atomic E-state index is 0.162. The molecule has 18 heavy (non-hydrogen) atoms. The van der Waals surface area contributed by atoms with Gasteiger partial charge in [-0.15, -0.1) is 0 Å². The maximum atomic E-state index is 11.7. The predicted octanol–water partition coefficient (Wildman–Crippen LogP) is 1.56. The fourth-order valence-electron chi connectivity index (χ4n) is 2.39. The van der Waals surface area contributed by atoms with Crippen LogP contribution in [0.3, 0.4) is 0 Å². The molecule has 1 atom stereocenters. The molecule has 0 heterocycles. The minimum Gasteiger partial charge on any atom is -0.480 e. The summed E-state index contributed by atoms with van der Waals surface area (Å²) in [6, 6.07) is -0.832. The van der Waals surface area contributed by atoms with Crippen LogP contribution in [0, 0.1) is 5.92 Å². The molecule has 1 saturated carbocycles. The lowest BCUT2D eigenvalue weighted by Crippen LogP contribution is -2.41. The van der Waals surface area contributed by atoms with E-state index in [4.69, 9.17) is 9.84 Å². The fraction of sp³-hybridized carbons (Fsp3) is 0.846. The Bertz CT molecular complexity index is 274. The second-order valence-corrected chi connectivity index (χ2v) is 4.93. The maximum Gasteiger partial charge on any atom is 0.326 e. The maximum absolute atomic E-state index is 11.7. The van der Waals surface area contributed by atoms with Crippen LogP contribution < -0.4 is 5.32 Å². The molecule has 1 amide bonds. The molecule has 1 aliphatic rings. The molecule has 0 aromatic heterocycles. The Morgan fingerprint density at radius 3 is 2.61 bits per heavy atom. The number of ether oxygens (including phenoxy) is 1. The normalized spacial score (nSPS) is 17.6. The van der Waals surface area contributed by atoms with E-state index in [0.717, 1.165) is 6.42 Å². The average molecular weight is 257 g/mol. The molecule has 1 rings (SSSR count). The Hall–Kier alpha value is -1.10.